The molecular formula is C19H23N3O3. The Hall–Kier alpha value is -2.21. The summed E-state index contributed by atoms with van der Waals surface area (Å²) in [6.45, 7) is 2.45. The third-order valence-electron chi connectivity index (χ3n) is 5.60. The maximum atomic E-state index is 11.7. The average molecular weight is 341 g/mol. The van der Waals surface area contributed by atoms with Gasteiger partial charge in [-0.05, 0) is 32.1 Å². The van der Waals surface area contributed by atoms with Gasteiger partial charge in [0.1, 0.15) is 6.04 Å². The minimum atomic E-state index is -0.743. The molecule has 4 rings (SSSR count). The van der Waals surface area contributed by atoms with Gasteiger partial charge in [-0.1, -0.05) is 47.8 Å². The maximum Gasteiger partial charge on any atom is 0.320 e. The molecule has 1 aliphatic heterocycles. The van der Waals surface area contributed by atoms with Crippen LogP contribution >= 0.6 is 0 Å². The number of carboxylic acid groups (broad SMARTS) is 1. The smallest absolute Gasteiger partial charge is 0.320 e. The minimum Gasteiger partial charge on any atom is -0.480 e. The summed E-state index contributed by atoms with van der Waals surface area (Å²) in [5, 5.41) is 13.7. The zero-order chi connectivity index (χ0) is 17.4. The summed E-state index contributed by atoms with van der Waals surface area (Å²) < 4.78 is 5.42. The highest BCUT2D eigenvalue weighted by Crippen LogP contribution is 2.40. The number of rotatable bonds is 4. The third-order valence-corrected chi connectivity index (χ3v) is 5.60. The summed E-state index contributed by atoms with van der Waals surface area (Å²) in [5.74, 6) is 0.788. The fraction of sp³-hybridized carbons (Fsp3) is 0.526. The summed E-state index contributed by atoms with van der Waals surface area (Å²) in [5.41, 5.74) is 2.09. The molecule has 1 saturated carbocycles. The van der Waals surface area contributed by atoms with Crippen LogP contribution in [0.3, 0.4) is 0 Å². The first-order chi connectivity index (χ1) is 12.1. The van der Waals surface area contributed by atoms with E-state index in [9.17, 15) is 9.90 Å². The number of carbonyl (C=O) groups is 1. The van der Waals surface area contributed by atoms with Gasteiger partial charge >= 0.3 is 5.97 Å². The van der Waals surface area contributed by atoms with Crippen LogP contribution in [0.1, 0.15) is 43.6 Å². The van der Waals surface area contributed by atoms with Gasteiger partial charge in [0.15, 0.2) is 0 Å². The molecule has 1 aliphatic carbocycles. The van der Waals surface area contributed by atoms with Crippen molar-refractivity contribution in [2.24, 2.45) is 5.92 Å². The van der Waals surface area contributed by atoms with E-state index in [2.05, 4.69) is 15.0 Å². The van der Waals surface area contributed by atoms with Crippen molar-refractivity contribution in [3.63, 3.8) is 0 Å². The van der Waals surface area contributed by atoms with Gasteiger partial charge in [-0.25, -0.2) is 0 Å². The lowest BCUT2D eigenvalue weighted by Crippen LogP contribution is -2.41. The number of carboxylic acids is 1. The van der Waals surface area contributed by atoms with Gasteiger partial charge in [-0.3, -0.25) is 9.69 Å². The molecule has 2 fully saturated rings. The van der Waals surface area contributed by atoms with Crippen LogP contribution in [0.4, 0.5) is 0 Å². The first kappa shape index (κ1) is 16.3. The minimum absolute atomic E-state index is 0.324. The summed E-state index contributed by atoms with van der Waals surface area (Å²) in [4.78, 5) is 18.3. The molecule has 0 bridgehead atoms. The van der Waals surface area contributed by atoms with Crippen LogP contribution in [0, 0.1) is 12.8 Å². The van der Waals surface area contributed by atoms with E-state index in [1.807, 2.05) is 31.2 Å². The molecule has 2 aromatic rings. The molecule has 25 heavy (non-hydrogen) atoms. The van der Waals surface area contributed by atoms with Gasteiger partial charge in [0.05, 0.1) is 6.54 Å². The summed E-state index contributed by atoms with van der Waals surface area (Å²) >= 11 is 0. The third kappa shape index (κ3) is 3.18. The first-order valence-corrected chi connectivity index (χ1v) is 9.00. The van der Waals surface area contributed by atoms with Crippen LogP contribution < -0.4 is 0 Å². The Morgan fingerprint density at radius 3 is 2.80 bits per heavy atom. The molecule has 0 radical (unpaired) electrons. The normalized spacial score (nSPS) is 26.5. The maximum absolute atomic E-state index is 11.7. The lowest BCUT2D eigenvalue weighted by Gasteiger charge is -2.31. The fourth-order valence-corrected chi connectivity index (χ4v) is 4.32. The largest absolute Gasteiger partial charge is 0.480 e. The lowest BCUT2D eigenvalue weighted by molar-refractivity contribution is -0.143. The van der Waals surface area contributed by atoms with Crippen molar-refractivity contribution in [3.05, 3.63) is 35.7 Å². The van der Waals surface area contributed by atoms with Crippen LogP contribution in [-0.2, 0) is 11.3 Å². The number of aromatic nitrogens is 2. The van der Waals surface area contributed by atoms with Crippen molar-refractivity contribution >= 4 is 5.97 Å². The SMILES string of the molecule is Cc1ccc(-c2noc(CN3[C@@H]4CCCC[C@@H]4C[C@H]3C(=O)O)n2)cc1. The van der Waals surface area contributed by atoms with Crippen LogP contribution in [0.25, 0.3) is 11.4 Å². The molecule has 0 amide bonds. The molecule has 0 unspecified atom stereocenters. The van der Waals surface area contributed by atoms with Crippen LogP contribution in [0.5, 0.6) is 0 Å². The predicted molar refractivity (Wildman–Crippen MR) is 91.8 cm³/mol. The number of aryl methyl sites for hydroxylation is 1. The highest BCUT2D eigenvalue weighted by molar-refractivity contribution is 5.74. The van der Waals surface area contributed by atoms with E-state index in [0.29, 0.717) is 30.2 Å². The summed E-state index contributed by atoms with van der Waals surface area (Å²) in [6.07, 6.45) is 5.30. The van der Waals surface area contributed by atoms with Crippen LogP contribution in [-0.4, -0.2) is 38.2 Å². The van der Waals surface area contributed by atoms with Crippen molar-refractivity contribution < 1.29 is 14.4 Å². The highest BCUT2D eigenvalue weighted by Gasteiger charge is 2.45. The van der Waals surface area contributed by atoms with E-state index in [1.54, 1.807) is 0 Å². The Bertz CT molecular complexity index is 756. The number of fused-ring (bicyclic) bond motifs is 1. The first-order valence-electron chi connectivity index (χ1n) is 9.00. The molecule has 0 spiro atoms. The van der Waals surface area contributed by atoms with E-state index >= 15 is 0 Å². The molecule has 2 aliphatic rings. The molecule has 1 N–H and O–H groups in total. The second-order valence-electron chi connectivity index (χ2n) is 7.25. The van der Waals surface area contributed by atoms with Crippen molar-refractivity contribution in [2.45, 2.75) is 57.7 Å². The van der Waals surface area contributed by atoms with Crippen molar-refractivity contribution in [2.75, 3.05) is 0 Å². The number of hydrogen-bond acceptors (Lipinski definition) is 5. The average Bonchev–Trinajstić information content (AvgIpc) is 3.21. The highest BCUT2D eigenvalue weighted by atomic mass is 16.5. The zero-order valence-corrected chi connectivity index (χ0v) is 14.4. The Balaban J connectivity index is 1.54. The van der Waals surface area contributed by atoms with Crippen molar-refractivity contribution in [1.82, 2.24) is 15.0 Å². The summed E-state index contributed by atoms with van der Waals surface area (Å²) in [7, 11) is 0. The molecule has 1 aromatic carbocycles. The standard InChI is InChI=1S/C19H23N3O3/c1-12-6-8-13(9-7-12)18-20-17(25-21-18)11-22-15-5-3-2-4-14(15)10-16(22)19(23)24/h6-9,14-16H,2-5,10-11H2,1H3,(H,23,24)/t14-,15-,16+/m1/s1. The molecule has 2 heterocycles. The number of aliphatic carboxylic acids is 1. The topological polar surface area (TPSA) is 79.5 Å². The quantitative estimate of drug-likeness (QED) is 0.919. The molecule has 132 valence electrons. The second kappa shape index (κ2) is 6.59. The molecule has 1 aromatic heterocycles. The molecule has 3 atom stereocenters. The zero-order valence-electron chi connectivity index (χ0n) is 14.4. The van der Waals surface area contributed by atoms with Crippen molar-refractivity contribution in [1.29, 1.82) is 0 Å². The predicted octanol–water partition coefficient (Wildman–Crippen LogP) is 3.26. The number of likely N-dealkylation sites (tertiary alicyclic amines) is 1. The summed E-state index contributed by atoms with van der Waals surface area (Å²) in [6, 6.07) is 7.85. The van der Waals surface area contributed by atoms with E-state index in [-0.39, 0.29) is 0 Å². The Kier molecular flexibility index (Phi) is 4.29. The van der Waals surface area contributed by atoms with E-state index in [4.69, 9.17) is 4.52 Å². The Morgan fingerprint density at radius 1 is 1.28 bits per heavy atom. The van der Waals surface area contributed by atoms with Gasteiger partial charge in [0.25, 0.3) is 0 Å². The van der Waals surface area contributed by atoms with Crippen LogP contribution in [0.15, 0.2) is 28.8 Å². The van der Waals surface area contributed by atoms with E-state index in [1.165, 1.54) is 18.4 Å². The number of hydrogen-bond donors (Lipinski definition) is 1. The van der Waals surface area contributed by atoms with Gasteiger partial charge in [0.2, 0.25) is 11.7 Å². The second-order valence-corrected chi connectivity index (χ2v) is 7.25. The molecule has 6 nitrogen and oxygen atoms in total. The van der Waals surface area contributed by atoms with Crippen molar-refractivity contribution in [3.8, 4) is 11.4 Å². The number of nitrogens with zero attached hydrogens (tertiary/aromatic N) is 3. The van der Waals surface area contributed by atoms with Crippen LogP contribution in [0.2, 0.25) is 0 Å². The van der Waals surface area contributed by atoms with E-state index < -0.39 is 12.0 Å². The fourth-order valence-electron chi connectivity index (χ4n) is 4.32. The number of benzene rings is 1. The van der Waals surface area contributed by atoms with Gasteiger partial charge in [0, 0.05) is 11.6 Å². The lowest BCUT2D eigenvalue weighted by atomic mass is 9.85. The Labute approximate surface area is 146 Å². The monoisotopic (exact) mass is 341 g/mol. The molecule has 1 saturated heterocycles. The molecular weight excluding hydrogens is 318 g/mol. The molecule has 6 heteroatoms. The Morgan fingerprint density at radius 2 is 2.04 bits per heavy atom. The van der Waals surface area contributed by atoms with E-state index in [0.717, 1.165) is 24.8 Å². The van der Waals surface area contributed by atoms with Gasteiger partial charge in [-0.15, -0.1) is 0 Å². The van der Waals surface area contributed by atoms with Gasteiger partial charge < -0.3 is 9.63 Å². The van der Waals surface area contributed by atoms with Gasteiger partial charge in [-0.2, -0.15) is 4.98 Å².